The minimum atomic E-state index is -1.07. The molecule has 1 atom stereocenters. The lowest BCUT2D eigenvalue weighted by atomic mass is 9.92. The van der Waals surface area contributed by atoms with Gasteiger partial charge >= 0.3 is 0 Å². The highest BCUT2D eigenvalue weighted by atomic mass is 28.3. The van der Waals surface area contributed by atoms with Crippen LogP contribution < -0.4 is 0 Å². The third-order valence-corrected chi connectivity index (χ3v) is 7.08. The van der Waals surface area contributed by atoms with Crippen molar-refractivity contribution in [1.82, 2.24) is 0 Å². The molecule has 0 bridgehead atoms. The quantitative estimate of drug-likeness (QED) is 0.164. The van der Waals surface area contributed by atoms with Crippen LogP contribution >= 0.6 is 0 Å². The molecular weight excluding hydrogens is 375 g/mol. The fraction of sp³-hybridized carbons (Fsp3) is 0.692. The summed E-state index contributed by atoms with van der Waals surface area (Å²) in [6.45, 7) is 15.1. The number of unbranched alkanes of at least 4 members (excludes halogenated alkanes) is 1. The van der Waals surface area contributed by atoms with Crippen LogP contribution in [-0.2, 0) is 0 Å². The number of allylic oxidation sites excluding steroid dienone is 5. The standard InChI is InChI=1S/C26H43FOSi/c1-21(16-17-24-22(2)18-19-26(24,4)28)13-12-15-25(27)23(3)14-10-8-9-11-20-29(5,6)7/h13,28H,8,10,12,14-20H2,1-7H3/b21-13+,25-23-. The highest BCUT2D eigenvalue weighted by molar-refractivity contribution is 6.76. The van der Waals surface area contributed by atoms with Crippen LogP contribution in [0, 0.1) is 11.8 Å². The van der Waals surface area contributed by atoms with E-state index < -0.39 is 13.7 Å². The molecule has 0 aromatic rings. The first-order valence-electron chi connectivity index (χ1n) is 11.3. The summed E-state index contributed by atoms with van der Waals surface area (Å²) in [5, 5.41) is 10.5. The summed E-state index contributed by atoms with van der Waals surface area (Å²) in [4.78, 5) is 0. The highest BCUT2D eigenvalue weighted by Crippen LogP contribution is 2.38. The van der Waals surface area contributed by atoms with E-state index in [9.17, 15) is 9.50 Å². The van der Waals surface area contributed by atoms with Gasteiger partial charge in [-0.3, -0.25) is 0 Å². The lowest BCUT2D eigenvalue weighted by molar-refractivity contribution is 0.0964. The molecule has 3 heteroatoms. The van der Waals surface area contributed by atoms with Crippen molar-refractivity contribution >= 4 is 8.07 Å². The Morgan fingerprint density at radius 3 is 2.45 bits per heavy atom. The summed E-state index contributed by atoms with van der Waals surface area (Å²) in [6.07, 6.45) is 9.73. The maximum Gasteiger partial charge on any atom is 0.0991 e. The van der Waals surface area contributed by atoms with Crippen LogP contribution in [0.4, 0.5) is 4.39 Å². The summed E-state index contributed by atoms with van der Waals surface area (Å²) in [7, 11) is -1.07. The Bertz CT molecular complexity index is 692. The molecule has 1 rings (SSSR count). The minimum Gasteiger partial charge on any atom is -0.386 e. The van der Waals surface area contributed by atoms with Gasteiger partial charge in [-0.1, -0.05) is 36.9 Å². The number of hydrogen-bond donors (Lipinski definition) is 1. The molecular formula is C26H43FOSi. The molecule has 0 aromatic carbocycles. The maximum absolute atomic E-state index is 14.3. The van der Waals surface area contributed by atoms with Gasteiger partial charge in [0, 0.05) is 18.9 Å². The first-order chi connectivity index (χ1) is 13.4. The molecule has 0 amide bonds. The number of rotatable bonds is 10. The van der Waals surface area contributed by atoms with E-state index in [1.165, 1.54) is 16.7 Å². The van der Waals surface area contributed by atoms with Gasteiger partial charge in [-0.15, -0.1) is 11.8 Å². The Kier molecular flexibility index (Phi) is 10.7. The van der Waals surface area contributed by atoms with Crippen LogP contribution in [-0.4, -0.2) is 18.8 Å². The second-order valence-corrected chi connectivity index (χ2v) is 15.7. The Hall–Kier alpha value is -1.11. The van der Waals surface area contributed by atoms with Crippen molar-refractivity contribution < 1.29 is 9.50 Å². The zero-order chi connectivity index (χ0) is 22.1. The molecule has 1 unspecified atom stereocenters. The number of hydrogen-bond acceptors (Lipinski definition) is 1. The van der Waals surface area contributed by atoms with Gasteiger partial charge in [-0.25, -0.2) is 4.39 Å². The first kappa shape index (κ1) is 25.9. The van der Waals surface area contributed by atoms with Crippen LogP contribution in [0.15, 0.2) is 34.2 Å². The van der Waals surface area contributed by atoms with E-state index in [2.05, 4.69) is 51.4 Å². The topological polar surface area (TPSA) is 20.2 Å². The zero-order valence-corrected chi connectivity index (χ0v) is 21.0. The van der Waals surface area contributed by atoms with Crippen LogP contribution in [0.5, 0.6) is 0 Å². The van der Waals surface area contributed by atoms with Gasteiger partial charge in [-0.05, 0) is 83.8 Å². The summed E-state index contributed by atoms with van der Waals surface area (Å²) in [5.41, 5.74) is 4.09. The second-order valence-electron chi connectivity index (χ2n) is 10.3. The van der Waals surface area contributed by atoms with E-state index in [0.717, 1.165) is 63.0 Å². The molecule has 0 fully saturated rings. The fourth-order valence-electron chi connectivity index (χ4n) is 3.75. The van der Waals surface area contributed by atoms with Gasteiger partial charge in [0.25, 0.3) is 0 Å². The normalized spacial score (nSPS) is 21.2. The minimum absolute atomic E-state index is 0.0430. The van der Waals surface area contributed by atoms with Crippen molar-refractivity contribution in [1.29, 1.82) is 0 Å². The Balaban J connectivity index is 2.34. The Morgan fingerprint density at radius 1 is 1.17 bits per heavy atom. The monoisotopic (exact) mass is 418 g/mol. The van der Waals surface area contributed by atoms with E-state index in [1.54, 1.807) is 0 Å². The summed E-state index contributed by atoms with van der Waals surface area (Å²) >= 11 is 0. The summed E-state index contributed by atoms with van der Waals surface area (Å²) < 4.78 is 14.3. The van der Waals surface area contributed by atoms with Crippen molar-refractivity contribution in [3.63, 3.8) is 0 Å². The van der Waals surface area contributed by atoms with Crippen LogP contribution in [0.3, 0.4) is 0 Å². The molecule has 0 spiro atoms. The molecule has 0 aliphatic heterocycles. The van der Waals surface area contributed by atoms with E-state index in [0.29, 0.717) is 6.42 Å². The molecule has 0 radical (unpaired) electrons. The fourth-order valence-corrected chi connectivity index (χ4v) is 4.41. The summed E-state index contributed by atoms with van der Waals surface area (Å²) in [5.74, 6) is 6.58. The van der Waals surface area contributed by atoms with Crippen molar-refractivity contribution in [2.45, 2.75) is 117 Å². The van der Waals surface area contributed by atoms with Gasteiger partial charge < -0.3 is 5.11 Å². The third-order valence-electron chi connectivity index (χ3n) is 5.84. The highest BCUT2D eigenvalue weighted by Gasteiger charge is 2.32. The number of halogens is 1. The van der Waals surface area contributed by atoms with Gasteiger partial charge in [0.2, 0.25) is 0 Å². The molecule has 1 aliphatic rings. The Morgan fingerprint density at radius 2 is 1.86 bits per heavy atom. The average Bonchev–Trinajstić information content (AvgIpc) is 2.87. The van der Waals surface area contributed by atoms with Gasteiger partial charge in [0.05, 0.1) is 19.5 Å². The lowest BCUT2D eigenvalue weighted by Gasteiger charge is -2.21. The van der Waals surface area contributed by atoms with Gasteiger partial charge in [0.1, 0.15) is 0 Å². The van der Waals surface area contributed by atoms with Crippen LogP contribution in [0.25, 0.3) is 0 Å². The molecule has 0 aromatic heterocycles. The Labute approximate surface area is 180 Å². The zero-order valence-electron chi connectivity index (χ0n) is 20.0. The van der Waals surface area contributed by atoms with Crippen molar-refractivity contribution in [3.05, 3.63) is 34.2 Å². The van der Waals surface area contributed by atoms with Crippen molar-refractivity contribution in [3.8, 4) is 11.8 Å². The third kappa shape index (κ3) is 10.5. The molecule has 0 heterocycles. The summed E-state index contributed by atoms with van der Waals surface area (Å²) in [6, 6.07) is 1.05. The molecule has 164 valence electrons. The SMILES string of the molecule is CC1=C(CC/C(C)=C/CC/C(F)=C(\C)CCCC#CC[Si](C)(C)C)C(C)(O)CC1. The van der Waals surface area contributed by atoms with Crippen LogP contribution in [0.2, 0.25) is 25.7 Å². The van der Waals surface area contributed by atoms with Crippen molar-refractivity contribution in [2.75, 3.05) is 0 Å². The maximum atomic E-state index is 14.3. The predicted molar refractivity (Wildman–Crippen MR) is 128 cm³/mol. The molecule has 1 aliphatic carbocycles. The second kappa shape index (κ2) is 11.9. The lowest BCUT2D eigenvalue weighted by Crippen LogP contribution is -2.23. The van der Waals surface area contributed by atoms with E-state index in [4.69, 9.17) is 0 Å². The molecule has 0 saturated heterocycles. The van der Waals surface area contributed by atoms with E-state index in [-0.39, 0.29) is 5.83 Å². The van der Waals surface area contributed by atoms with Crippen LogP contribution in [0.1, 0.15) is 85.5 Å². The van der Waals surface area contributed by atoms with E-state index >= 15 is 0 Å². The predicted octanol–water partition coefficient (Wildman–Crippen LogP) is 8.11. The van der Waals surface area contributed by atoms with Crippen molar-refractivity contribution in [2.24, 2.45) is 0 Å². The molecule has 1 N–H and O–H groups in total. The van der Waals surface area contributed by atoms with E-state index in [1.807, 2.05) is 13.8 Å². The average molecular weight is 419 g/mol. The molecule has 1 nitrogen and oxygen atoms in total. The first-order valence-corrected chi connectivity index (χ1v) is 15.0. The van der Waals surface area contributed by atoms with Gasteiger partial charge in [-0.2, -0.15) is 0 Å². The molecule has 29 heavy (non-hydrogen) atoms. The van der Waals surface area contributed by atoms with Gasteiger partial charge in [0.15, 0.2) is 0 Å². The molecule has 0 saturated carbocycles. The largest absolute Gasteiger partial charge is 0.386 e. The smallest absolute Gasteiger partial charge is 0.0991 e. The number of aliphatic hydroxyl groups is 1.